The van der Waals surface area contributed by atoms with Crippen LogP contribution >= 0.6 is 0 Å². The number of pyridine rings is 1. The Labute approximate surface area is 127 Å². The maximum Gasteiger partial charge on any atom is 0.118 e. The standard InChI is InChI=1S/C18H24N2O/c1-14(2)13-17(16-8-5-6-11-19-16)20-12-10-15-7-3-4-9-18(15)21/h3-9,11,14,17,20-21H,10,12-13H2,1-2H3/t17-/m0/s1. The van der Waals surface area contributed by atoms with E-state index in [0.29, 0.717) is 11.7 Å². The van der Waals surface area contributed by atoms with Crippen LogP contribution in [-0.2, 0) is 6.42 Å². The van der Waals surface area contributed by atoms with Crippen LogP contribution in [0.2, 0.25) is 0 Å². The summed E-state index contributed by atoms with van der Waals surface area (Å²) in [7, 11) is 0. The van der Waals surface area contributed by atoms with Gasteiger partial charge >= 0.3 is 0 Å². The maximum absolute atomic E-state index is 9.80. The highest BCUT2D eigenvalue weighted by molar-refractivity contribution is 5.31. The Kier molecular flexibility index (Phi) is 5.76. The molecule has 2 N–H and O–H groups in total. The van der Waals surface area contributed by atoms with E-state index in [4.69, 9.17) is 0 Å². The summed E-state index contributed by atoms with van der Waals surface area (Å²) in [5.74, 6) is 0.979. The Morgan fingerprint density at radius 2 is 1.86 bits per heavy atom. The van der Waals surface area contributed by atoms with Crippen molar-refractivity contribution in [2.24, 2.45) is 5.92 Å². The second-order valence-corrected chi connectivity index (χ2v) is 5.77. The van der Waals surface area contributed by atoms with Crippen LogP contribution in [0.15, 0.2) is 48.7 Å². The first kappa shape index (κ1) is 15.5. The third kappa shape index (κ3) is 4.87. The van der Waals surface area contributed by atoms with E-state index in [1.165, 1.54) is 0 Å². The minimum atomic E-state index is 0.261. The predicted molar refractivity (Wildman–Crippen MR) is 86.2 cm³/mol. The molecule has 0 aliphatic rings. The molecule has 1 aromatic carbocycles. The minimum absolute atomic E-state index is 0.261. The fourth-order valence-electron chi connectivity index (χ4n) is 2.47. The lowest BCUT2D eigenvalue weighted by molar-refractivity contribution is 0.421. The van der Waals surface area contributed by atoms with Gasteiger partial charge in [0.25, 0.3) is 0 Å². The van der Waals surface area contributed by atoms with Gasteiger partial charge in [0.2, 0.25) is 0 Å². The fourth-order valence-corrected chi connectivity index (χ4v) is 2.47. The molecule has 0 amide bonds. The van der Waals surface area contributed by atoms with Gasteiger partial charge in [-0.1, -0.05) is 38.1 Å². The Hall–Kier alpha value is -1.87. The SMILES string of the molecule is CC(C)C[C@H](NCCc1ccccc1O)c1ccccn1. The quantitative estimate of drug-likeness (QED) is 0.814. The first-order valence-electron chi connectivity index (χ1n) is 7.58. The van der Waals surface area contributed by atoms with Crippen molar-refractivity contribution in [2.75, 3.05) is 6.54 Å². The van der Waals surface area contributed by atoms with E-state index < -0.39 is 0 Å². The molecule has 2 rings (SSSR count). The molecule has 1 heterocycles. The van der Waals surface area contributed by atoms with E-state index in [1.54, 1.807) is 6.07 Å². The Morgan fingerprint density at radius 1 is 1.10 bits per heavy atom. The number of hydrogen-bond donors (Lipinski definition) is 2. The Bertz CT molecular complexity index is 540. The Balaban J connectivity index is 1.95. The van der Waals surface area contributed by atoms with Crippen molar-refractivity contribution in [3.05, 3.63) is 59.9 Å². The normalized spacial score (nSPS) is 12.5. The smallest absolute Gasteiger partial charge is 0.118 e. The lowest BCUT2D eigenvalue weighted by Crippen LogP contribution is -2.25. The second-order valence-electron chi connectivity index (χ2n) is 5.77. The zero-order valence-corrected chi connectivity index (χ0v) is 12.8. The number of aromatic hydroxyl groups is 1. The summed E-state index contributed by atoms with van der Waals surface area (Å²) in [6.07, 6.45) is 3.71. The highest BCUT2D eigenvalue weighted by Gasteiger charge is 2.13. The highest BCUT2D eigenvalue weighted by Crippen LogP contribution is 2.20. The molecule has 0 radical (unpaired) electrons. The number of nitrogens with zero attached hydrogens (tertiary/aromatic N) is 1. The van der Waals surface area contributed by atoms with Gasteiger partial charge in [-0.15, -0.1) is 0 Å². The van der Waals surface area contributed by atoms with Crippen LogP contribution in [0.1, 0.15) is 37.6 Å². The monoisotopic (exact) mass is 284 g/mol. The molecule has 3 heteroatoms. The molecule has 112 valence electrons. The van der Waals surface area contributed by atoms with Gasteiger partial charge < -0.3 is 10.4 Å². The van der Waals surface area contributed by atoms with E-state index in [2.05, 4.69) is 30.2 Å². The van der Waals surface area contributed by atoms with Crippen LogP contribution in [0.5, 0.6) is 5.75 Å². The first-order chi connectivity index (χ1) is 10.2. The first-order valence-corrected chi connectivity index (χ1v) is 7.58. The fraction of sp³-hybridized carbons (Fsp3) is 0.389. The molecule has 0 fully saturated rings. The van der Waals surface area contributed by atoms with Crippen LogP contribution < -0.4 is 5.32 Å². The zero-order chi connectivity index (χ0) is 15.1. The molecule has 3 nitrogen and oxygen atoms in total. The number of rotatable bonds is 7. The van der Waals surface area contributed by atoms with Gasteiger partial charge in [0.15, 0.2) is 0 Å². The highest BCUT2D eigenvalue weighted by atomic mass is 16.3. The van der Waals surface area contributed by atoms with Gasteiger partial charge in [0, 0.05) is 12.2 Å². The summed E-state index contributed by atoms with van der Waals surface area (Å²) in [5, 5.41) is 13.4. The van der Waals surface area contributed by atoms with Crippen LogP contribution in [0.3, 0.4) is 0 Å². The third-order valence-electron chi connectivity index (χ3n) is 3.53. The minimum Gasteiger partial charge on any atom is -0.508 e. The van der Waals surface area contributed by atoms with Crippen molar-refractivity contribution in [1.82, 2.24) is 10.3 Å². The number of nitrogens with one attached hydrogen (secondary N) is 1. The second kappa shape index (κ2) is 7.79. The molecule has 0 aliphatic carbocycles. The van der Waals surface area contributed by atoms with Gasteiger partial charge in [-0.2, -0.15) is 0 Å². The molecule has 0 saturated carbocycles. The number of para-hydroxylation sites is 1. The van der Waals surface area contributed by atoms with Crippen molar-refractivity contribution < 1.29 is 5.11 Å². The van der Waals surface area contributed by atoms with E-state index in [9.17, 15) is 5.11 Å². The van der Waals surface area contributed by atoms with Gasteiger partial charge in [0.05, 0.1) is 5.69 Å². The molecule has 0 bridgehead atoms. The van der Waals surface area contributed by atoms with Crippen LogP contribution in [0.4, 0.5) is 0 Å². The van der Waals surface area contributed by atoms with Crippen molar-refractivity contribution in [2.45, 2.75) is 32.7 Å². The maximum atomic E-state index is 9.80. The summed E-state index contributed by atoms with van der Waals surface area (Å²) in [5.41, 5.74) is 2.07. The predicted octanol–water partition coefficient (Wildman–Crippen LogP) is 3.71. The average Bonchev–Trinajstić information content (AvgIpc) is 2.49. The molecular weight excluding hydrogens is 260 g/mol. The molecule has 0 unspecified atom stereocenters. The van der Waals surface area contributed by atoms with Crippen LogP contribution in [-0.4, -0.2) is 16.6 Å². The van der Waals surface area contributed by atoms with Crippen LogP contribution in [0, 0.1) is 5.92 Å². The molecule has 1 aromatic heterocycles. The van der Waals surface area contributed by atoms with E-state index in [-0.39, 0.29) is 6.04 Å². The van der Waals surface area contributed by atoms with Crippen LogP contribution in [0.25, 0.3) is 0 Å². The third-order valence-corrected chi connectivity index (χ3v) is 3.53. The number of aromatic nitrogens is 1. The molecule has 2 aromatic rings. The van der Waals surface area contributed by atoms with Crippen molar-refractivity contribution in [3.63, 3.8) is 0 Å². The Morgan fingerprint density at radius 3 is 2.52 bits per heavy atom. The number of benzene rings is 1. The van der Waals surface area contributed by atoms with Gasteiger partial charge in [-0.3, -0.25) is 4.98 Å². The van der Waals surface area contributed by atoms with Crippen molar-refractivity contribution in [1.29, 1.82) is 0 Å². The summed E-state index contributed by atoms with van der Waals surface area (Å²) in [6.45, 7) is 5.27. The summed E-state index contributed by atoms with van der Waals surface area (Å²) in [6, 6.07) is 13.8. The number of hydrogen-bond acceptors (Lipinski definition) is 3. The lowest BCUT2D eigenvalue weighted by Gasteiger charge is -2.20. The van der Waals surface area contributed by atoms with E-state index in [1.807, 2.05) is 36.5 Å². The molecule has 0 spiro atoms. The molecule has 21 heavy (non-hydrogen) atoms. The lowest BCUT2D eigenvalue weighted by atomic mass is 10.00. The molecular formula is C18H24N2O. The topological polar surface area (TPSA) is 45.1 Å². The van der Waals surface area contributed by atoms with Gasteiger partial charge in [0.1, 0.15) is 5.75 Å². The average molecular weight is 284 g/mol. The molecule has 0 saturated heterocycles. The van der Waals surface area contributed by atoms with Gasteiger partial charge in [-0.25, -0.2) is 0 Å². The van der Waals surface area contributed by atoms with Crippen molar-refractivity contribution in [3.8, 4) is 5.75 Å². The summed E-state index contributed by atoms with van der Waals surface area (Å²) >= 11 is 0. The zero-order valence-electron chi connectivity index (χ0n) is 12.8. The molecule has 0 aliphatic heterocycles. The molecule has 1 atom stereocenters. The van der Waals surface area contributed by atoms with Crippen molar-refractivity contribution >= 4 is 0 Å². The summed E-state index contributed by atoms with van der Waals surface area (Å²) < 4.78 is 0. The van der Waals surface area contributed by atoms with E-state index in [0.717, 1.165) is 30.6 Å². The van der Waals surface area contributed by atoms with Gasteiger partial charge in [-0.05, 0) is 49.1 Å². The summed E-state index contributed by atoms with van der Waals surface area (Å²) in [4.78, 5) is 4.46. The number of phenolic OH excluding ortho intramolecular Hbond substituents is 1. The van der Waals surface area contributed by atoms with E-state index >= 15 is 0 Å². The number of phenols is 1. The largest absolute Gasteiger partial charge is 0.508 e.